The maximum Gasteiger partial charge on any atom is 0.304 e. The van der Waals surface area contributed by atoms with Gasteiger partial charge in [0.1, 0.15) is 5.52 Å². The first kappa shape index (κ1) is 14.0. The van der Waals surface area contributed by atoms with Crippen molar-refractivity contribution in [2.45, 2.75) is 13.0 Å². The van der Waals surface area contributed by atoms with Gasteiger partial charge >= 0.3 is 5.97 Å². The number of hydrogen-bond donors (Lipinski definition) is 1. The smallest absolute Gasteiger partial charge is 0.304 e. The van der Waals surface area contributed by atoms with E-state index in [0.29, 0.717) is 13.1 Å². The fraction of sp³-hybridized carbons (Fsp3) is 0.467. The number of oxazole rings is 1. The van der Waals surface area contributed by atoms with Crippen LogP contribution in [0, 0.1) is 0 Å². The number of aromatic nitrogens is 1. The first-order valence-electron chi connectivity index (χ1n) is 7.22. The van der Waals surface area contributed by atoms with Crippen LogP contribution < -0.4 is 0 Å². The molecule has 1 saturated heterocycles. The Morgan fingerprint density at radius 1 is 1.19 bits per heavy atom. The highest BCUT2D eigenvalue weighted by atomic mass is 16.4. The van der Waals surface area contributed by atoms with Crippen molar-refractivity contribution >= 4 is 17.1 Å². The third kappa shape index (κ3) is 3.59. The number of piperazine rings is 1. The van der Waals surface area contributed by atoms with Gasteiger partial charge in [0.15, 0.2) is 5.58 Å². The molecule has 0 spiro atoms. The van der Waals surface area contributed by atoms with Gasteiger partial charge < -0.3 is 14.4 Å². The van der Waals surface area contributed by atoms with Crippen LogP contribution >= 0.6 is 0 Å². The summed E-state index contributed by atoms with van der Waals surface area (Å²) in [5.74, 6) is 0.0130. The molecular weight excluding hydrogens is 270 g/mol. The fourth-order valence-electron chi connectivity index (χ4n) is 2.60. The van der Waals surface area contributed by atoms with Crippen molar-refractivity contribution in [3.05, 3.63) is 30.2 Å². The molecule has 0 unspecified atom stereocenters. The average Bonchev–Trinajstić information content (AvgIpc) is 2.88. The van der Waals surface area contributed by atoms with E-state index in [1.165, 1.54) is 0 Å². The number of benzene rings is 1. The molecule has 0 bridgehead atoms. The Labute approximate surface area is 123 Å². The van der Waals surface area contributed by atoms with Gasteiger partial charge in [-0.3, -0.25) is 9.69 Å². The summed E-state index contributed by atoms with van der Waals surface area (Å²) >= 11 is 0. The van der Waals surface area contributed by atoms with E-state index >= 15 is 0 Å². The Kier molecular flexibility index (Phi) is 4.17. The lowest BCUT2D eigenvalue weighted by Crippen LogP contribution is -2.46. The lowest BCUT2D eigenvalue weighted by Gasteiger charge is -2.33. The molecule has 0 saturated carbocycles. The summed E-state index contributed by atoms with van der Waals surface area (Å²) in [5, 5.41) is 8.70. The maximum atomic E-state index is 10.6. The fourth-order valence-corrected chi connectivity index (χ4v) is 2.60. The number of hydrogen-bond acceptors (Lipinski definition) is 5. The van der Waals surface area contributed by atoms with Crippen LogP contribution in [-0.4, -0.2) is 58.6 Å². The molecule has 1 aliphatic rings. The molecule has 0 aliphatic carbocycles. The lowest BCUT2D eigenvalue weighted by molar-refractivity contribution is -0.137. The molecule has 21 heavy (non-hydrogen) atoms. The number of carboxylic acids is 1. The number of aliphatic carboxylic acids is 1. The van der Waals surface area contributed by atoms with E-state index in [4.69, 9.17) is 9.52 Å². The summed E-state index contributed by atoms with van der Waals surface area (Å²) in [6.07, 6.45) is 0.213. The minimum atomic E-state index is -0.732. The monoisotopic (exact) mass is 289 g/mol. The summed E-state index contributed by atoms with van der Waals surface area (Å²) in [7, 11) is 0. The molecule has 1 N–H and O–H groups in total. The van der Waals surface area contributed by atoms with Gasteiger partial charge in [-0.2, -0.15) is 0 Å². The zero-order valence-corrected chi connectivity index (χ0v) is 11.9. The lowest BCUT2D eigenvalue weighted by atomic mass is 10.3. The molecule has 2 heterocycles. The number of carbonyl (C=O) groups is 1. The molecule has 1 aromatic carbocycles. The Balaban J connectivity index is 1.52. The molecule has 6 heteroatoms. The Bertz CT molecular complexity index is 584. The normalized spacial score (nSPS) is 17.3. The van der Waals surface area contributed by atoms with Gasteiger partial charge in [-0.05, 0) is 12.1 Å². The zero-order chi connectivity index (χ0) is 14.7. The predicted molar refractivity (Wildman–Crippen MR) is 78.0 cm³/mol. The molecule has 1 fully saturated rings. The molecule has 2 aromatic rings. The van der Waals surface area contributed by atoms with Crippen LogP contribution in [0.2, 0.25) is 0 Å². The molecular formula is C15H19N3O3. The first-order valence-corrected chi connectivity index (χ1v) is 7.22. The van der Waals surface area contributed by atoms with Crippen molar-refractivity contribution in [1.82, 2.24) is 14.8 Å². The number of fused-ring (bicyclic) bond motifs is 1. The Hall–Kier alpha value is -1.92. The van der Waals surface area contributed by atoms with E-state index in [2.05, 4.69) is 14.8 Å². The van der Waals surface area contributed by atoms with Crippen LogP contribution in [0.25, 0.3) is 11.1 Å². The largest absolute Gasteiger partial charge is 0.481 e. The minimum Gasteiger partial charge on any atom is -0.481 e. The minimum absolute atomic E-state index is 0.213. The highest BCUT2D eigenvalue weighted by Gasteiger charge is 2.19. The molecule has 0 radical (unpaired) electrons. The van der Waals surface area contributed by atoms with Crippen LogP contribution in [0.3, 0.4) is 0 Å². The standard InChI is InChI=1S/C15H19N3O3/c19-15(20)5-6-17-7-9-18(10-8-17)11-14-16-12-3-1-2-4-13(12)21-14/h1-4H,5-11H2,(H,19,20). The second-order valence-corrected chi connectivity index (χ2v) is 5.34. The van der Waals surface area contributed by atoms with Crippen LogP contribution in [-0.2, 0) is 11.3 Å². The van der Waals surface area contributed by atoms with E-state index in [9.17, 15) is 4.79 Å². The summed E-state index contributed by atoms with van der Waals surface area (Å²) in [6, 6.07) is 7.77. The molecule has 6 nitrogen and oxygen atoms in total. The molecule has 3 rings (SSSR count). The maximum absolute atomic E-state index is 10.6. The SMILES string of the molecule is O=C(O)CCN1CCN(Cc2nc3ccccc3o2)CC1. The zero-order valence-electron chi connectivity index (χ0n) is 11.9. The molecule has 0 atom stereocenters. The summed E-state index contributed by atoms with van der Waals surface area (Å²) in [5.41, 5.74) is 1.72. The Morgan fingerprint density at radius 3 is 2.62 bits per heavy atom. The highest BCUT2D eigenvalue weighted by molar-refractivity contribution is 5.72. The van der Waals surface area contributed by atoms with E-state index < -0.39 is 5.97 Å². The van der Waals surface area contributed by atoms with E-state index in [1.807, 2.05) is 24.3 Å². The second-order valence-electron chi connectivity index (χ2n) is 5.34. The summed E-state index contributed by atoms with van der Waals surface area (Å²) in [6.45, 7) is 4.96. The number of para-hydroxylation sites is 2. The third-order valence-corrected chi connectivity index (χ3v) is 3.80. The summed E-state index contributed by atoms with van der Waals surface area (Å²) < 4.78 is 5.73. The first-order chi connectivity index (χ1) is 10.2. The van der Waals surface area contributed by atoms with Crippen LogP contribution in [0.5, 0.6) is 0 Å². The number of rotatable bonds is 5. The van der Waals surface area contributed by atoms with Crippen LogP contribution in [0.1, 0.15) is 12.3 Å². The van der Waals surface area contributed by atoms with Crippen molar-refractivity contribution in [1.29, 1.82) is 0 Å². The summed E-state index contributed by atoms with van der Waals surface area (Å²) in [4.78, 5) is 19.5. The van der Waals surface area contributed by atoms with Crippen molar-refractivity contribution in [2.75, 3.05) is 32.7 Å². The van der Waals surface area contributed by atoms with Crippen molar-refractivity contribution < 1.29 is 14.3 Å². The predicted octanol–water partition coefficient (Wildman–Crippen LogP) is 1.42. The topological polar surface area (TPSA) is 69.8 Å². The van der Waals surface area contributed by atoms with Gasteiger partial charge in [0.05, 0.1) is 13.0 Å². The Morgan fingerprint density at radius 2 is 1.90 bits per heavy atom. The van der Waals surface area contributed by atoms with Gasteiger partial charge in [0.2, 0.25) is 5.89 Å². The molecule has 112 valence electrons. The van der Waals surface area contributed by atoms with Crippen LogP contribution in [0.15, 0.2) is 28.7 Å². The number of nitrogens with zero attached hydrogens (tertiary/aromatic N) is 3. The van der Waals surface area contributed by atoms with Gasteiger partial charge in [-0.15, -0.1) is 0 Å². The van der Waals surface area contributed by atoms with E-state index in [1.54, 1.807) is 0 Å². The number of carboxylic acid groups (broad SMARTS) is 1. The third-order valence-electron chi connectivity index (χ3n) is 3.80. The molecule has 0 amide bonds. The van der Waals surface area contributed by atoms with Crippen LogP contribution in [0.4, 0.5) is 0 Å². The van der Waals surface area contributed by atoms with Crippen molar-refractivity contribution in [3.8, 4) is 0 Å². The van der Waals surface area contributed by atoms with Crippen molar-refractivity contribution in [2.24, 2.45) is 0 Å². The van der Waals surface area contributed by atoms with E-state index in [0.717, 1.165) is 43.2 Å². The van der Waals surface area contributed by atoms with Gasteiger partial charge in [0.25, 0.3) is 0 Å². The van der Waals surface area contributed by atoms with Crippen molar-refractivity contribution in [3.63, 3.8) is 0 Å². The highest BCUT2D eigenvalue weighted by Crippen LogP contribution is 2.16. The quantitative estimate of drug-likeness (QED) is 0.897. The molecule has 1 aliphatic heterocycles. The van der Waals surface area contributed by atoms with Gasteiger partial charge in [-0.1, -0.05) is 12.1 Å². The average molecular weight is 289 g/mol. The van der Waals surface area contributed by atoms with Gasteiger partial charge in [-0.25, -0.2) is 4.98 Å². The second kappa shape index (κ2) is 6.24. The van der Waals surface area contributed by atoms with E-state index in [-0.39, 0.29) is 6.42 Å². The molecule has 1 aromatic heterocycles. The van der Waals surface area contributed by atoms with Gasteiger partial charge in [0, 0.05) is 32.7 Å².